The predicted octanol–water partition coefficient (Wildman–Crippen LogP) is 1.49. The summed E-state index contributed by atoms with van der Waals surface area (Å²) in [6.07, 6.45) is -2.16. The molecule has 0 saturated carbocycles. The SMILES string of the molecule is COCC(NC(=O)OCC1c2ccccc2-c2ccccc21)C(=O)N[C@H](C(=O)O)[C@@H](C)O. The number of aliphatic hydroxyl groups is 1. The van der Waals surface area contributed by atoms with Gasteiger partial charge in [0.05, 0.1) is 12.7 Å². The molecule has 32 heavy (non-hydrogen) atoms. The van der Waals surface area contributed by atoms with Crippen molar-refractivity contribution in [3.05, 3.63) is 59.7 Å². The predicted molar refractivity (Wildman–Crippen MR) is 115 cm³/mol. The molecule has 9 heteroatoms. The molecular weight excluding hydrogens is 416 g/mol. The summed E-state index contributed by atoms with van der Waals surface area (Å²) < 4.78 is 10.4. The summed E-state index contributed by atoms with van der Waals surface area (Å²) in [5.41, 5.74) is 4.28. The van der Waals surface area contributed by atoms with Crippen LogP contribution in [0.1, 0.15) is 24.0 Å². The quantitative estimate of drug-likeness (QED) is 0.462. The number of carboxylic acid groups (broad SMARTS) is 1. The third kappa shape index (κ3) is 5.06. The molecule has 0 fully saturated rings. The lowest BCUT2D eigenvalue weighted by Crippen LogP contribution is -2.56. The van der Waals surface area contributed by atoms with Gasteiger partial charge in [0.25, 0.3) is 0 Å². The largest absolute Gasteiger partial charge is 0.480 e. The molecule has 0 heterocycles. The summed E-state index contributed by atoms with van der Waals surface area (Å²) >= 11 is 0. The first kappa shape index (κ1) is 23.2. The van der Waals surface area contributed by atoms with Gasteiger partial charge in [-0.25, -0.2) is 9.59 Å². The number of carbonyl (C=O) groups is 3. The number of benzene rings is 2. The van der Waals surface area contributed by atoms with Crippen LogP contribution in [0.15, 0.2) is 48.5 Å². The van der Waals surface area contributed by atoms with Gasteiger partial charge in [-0.1, -0.05) is 48.5 Å². The van der Waals surface area contributed by atoms with E-state index in [0.29, 0.717) is 0 Å². The molecule has 2 aromatic carbocycles. The Morgan fingerprint density at radius 3 is 2.06 bits per heavy atom. The second-order valence-corrected chi connectivity index (χ2v) is 7.54. The third-order valence-corrected chi connectivity index (χ3v) is 5.33. The molecular formula is C23H26N2O7. The van der Waals surface area contributed by atoms with Crippen LogP contribution in [0.4, 0.5) is 4.79 Å². The zero-order valence-electron chi connectivity index (χ0n) is 17.8. The number of fused-ring (bicyclic) bond motifs is 3. The summed E-state index contributed by atoms with van der Waals surface area (Å²) in [5, 5.41) is 23.3. The van der Waals surface area contributed by atoms with Crippen LogP contribution in [0.25, 0.3) is 11.1 Å². The van der Waals surface area contributed by atoms with Gasteiger partial charge >= 0.3 is 12.1 Å². The van der Waals surface area contributed by atoms with Crippen LogP contribution in [0.3, 0.4) is 0 Å². The first-order valence-corrected chi connectivity index (χ1v) is 10.1. The third-order valence-electron chi connectivity index (χ3n) is 5.33. The van der Waals surface area contributed by atoms with Crippen molar-refractivity contribution in [2.75, 3.05) is 20.3 Å². The maximum atomic E-state index is 12.4. The molecule has 170 valence electrons. The number of nitrogens with one attached hydrogen (secondary N) is 2. The smallest absolute Gasteiger partial charge is 0.407 e. The molecule has 2 aromatic rings. The van der Waals surface area contributed by atoms with Gasteiger partial charge in [-0.2, -0.15) is 0 Å². The van der Waals surface area contributed by atoms with Crippen molar-refractivity contribution in [1.29, 1.82) is 0 Å². The highest BCUT2D eigenvalue weighted by molar-refractivity contribution is 5.89. The Kier molecular flexibility index (Phi) is 7.45. The van der Waals surface area contributed by atoms with Crippen molar-refractivity contribution in [1.82, 2.24) is 10.6 Å². The van der Waals surface area contributed by atoms with Gasteiger partial charge in [0.2, 0.25) is 5.91 Å². The molecule has 0 aromatic heterocycles. The van der Waals surface area contributed by atoms with Gasteiger partial charge in [0, 0.05) is 13.0 Å². The Balaban J connectivity index is 1.65. The van der Waals surface area contributed by atoms with Gasteiger partial charge in [-0.3, -0.25) is 4.79 Å². The number of methoxy groups -OCH3 is 1. The molecule has 0 spiro atoms. The topological polar surface area (TPSA) is 134 Å². The maximum Gasteiger partial charge on any atom is 0.407 e. The molecule has 0 saturated heterocycles. The van der Waals surface area contributed by atoms with Crippen molar-refractivity contribution >= 4 is 18.0 Å². The lowest BCUT2D eigenvalue weighted by molar-refractivity contribution is -0.145. The summed E-state index contributed by atoms with van der Waals surface area (Å²) in [6.45, 7) is 1.10. The number of aliphatic hydroxyl groups excluding tert-OH is 1. The highest BCUT2D eigenvalue weighted by atomic mass is 16.5. The Labute approximate surface area is 185 Å². The molecule has 1 aliphatic carbocycles. The summed E-state index contributed by atoms with van der Waals surface area (Å²) in [6, 6.07) is 13.1. The van der Waals surface area contributed by atoms with E-state index in [2.05, 4.69) is 10.6 Å². The number of aliphatic carboxylic acids is 1. The number of carboxylic acids is 1. The number of alkyl carbamates (subject to hydrolysis) is 1. The summed E-state index contributed by atoms with van der Waals surface area (Å²) in [4.78, 5) is 36.1. The normalized spacial score (nSPS) is 15.1. The Bertz CT molecular complexity index is 946. The number of carbonyl (C=O) groups excluding carboxylic acids is 2. The number of rotatable bonds is 9. The van der Waals surface area contributed by atoms with Crippen LogP contribution in [0.2, 0.25) is 0 Å². The second-order valence-electron chi connectivity index (χ2n) is 7.54. The van der Waals surface area contributed by atoms with E-state index in [1.54, 1.807) is 0 Å². The van der Waals surface area contributed by atoms with Crippen LogP contribution >= 0.6 is 0 Å². The lowest BCUT2D eigenvalue weighted by Gasteiger charge is -2.22. The minimum atomic E-state index is -1.52. The first-order chi connectivity index (χ1) is 15.3. The van der Waals surface area contributed by atoms with E-state index >= 15 is 0 Å². The van der Waals surface area contributed by atoms with E-state index in [9.17, 15) is 19.5 Å². The molecule has 2 amide bonds. The van der Waals surface area contributed by atoms with Crippen LogP contribution in [0.5, 0.6) is 0 Å². The standard InChI is InChI=1S/C23H26N2O7/c1-13(26)20(22(28)29)25-21(27)19(12-31-2)24-23(30)32-11-18-16-9-5-3-7-14(16)15-8-4-6-10-17(15)18/h3-10,13,18-20,26H,11-12H2,1-2H3,(H,24,30)(H,25,27)(H,28,29)/t13-,19?,20+/m1/s1. The van der Waals surface area contributed by atoms with Gasteiger partial charge in [0.1, 0.15) is 12.6 Å². The lowest BCUT2D eigenvalue weighted by atomic mass is 9.98. The van der Waals surface area contributed by atoms with Gasteiger partial charge < -0.3 is 30.3 Å². The number of amides is 2. The average Bonchev–Trinajstić information content (AvgIpc) is 3.09. The van der Waals surface area contributed by atoms with Crippen LogP contribution < -0.4 is 10.6 Å². The van der Waals surface area contributed by atoms with E-state index in [4.69, 9.17) is 14.6 Å². The zero-order valence-corrected chi connectivity index (χ0v) is 17.8. The maximum absolute atomic E-state index is 12.4. The Morgan fingerprint density at radius 2 is 1.56 bits per heavy atom. The number of hydrogen-bond donors (Lipinski definition) is 4. The molecule has 4 N–H and O–H groups in total. The van der Waals surface area contributed by atoms with Crippen molar-refractivity contribution in [2.24, 2.45) is 0 Å². The fourth-order valence-electron chi connectivity index (χ4n) is 3.77. The Hall–Kier alpha value is -3.43. The van der Waals surface area contributed by atoms with Gasteiger partial charge in [0.15, 0.2) is 6.04 Å². The molecule has 1 unspecified atom stereocenters. The fourth-order valence-corrected chi connectivity index (χ4v) is 3.77. The Morgan fingerprint density at radius 1 is 1.00 bits per heavy atom. The van der Waals surface area contributed by atoms with E-state index in [0.717, 1.165) is 22.3 Å². The first-order valence-electron chi connectivity index (χ1n) is 10.1. The highest BCUT2D eigenvalue weighted by Gasteiger charge is 2.31. The minimum absolute atomic E-state index is 0.0621. The van der Waals surface area contributed by atoms with E-state index in [-0.39, 0.29) is 19.1 Å². The van der Waals surface area contributed by atoms with Gasteiger partial charge in [-0.15, -0.1) is 0 Å². The van der Waals surface area contributed by atoms with Crippen molar-refractivity contribution in [2.45, 2.75) is 31.0 Å². The van der Waals surface area contributed by atoms with E-state index in [1.807, 2.05) is 48.5 Å². The molecule has 9 nitrogen and oxygen atoms in total. The second kappa shape index (κ2) is 10.3. The molecule has 1 aliphatic rings. The minimum Gasteiger partial charge on any atom is -0.480 e. The molecule has 0 aliphatic heterocycles. The monoisotopic (exact) mass is 442 g/mol. The van der Waals surface area contributed by atoms with E-state index in [1.165, 1.54) is 14.0 Å². The summed E-state index contributed by atoms with van der Waals surface area (Å²) in [7, 11) is 1.34. The molecule has 0 radical (unpaired) electrons. The van der Waals surface area contributed by atoms with Crippen LogP contribution in [-0.4, -0.2) is 66.7 Å². The highest BCUT2D eigenvalue weighted by Crippen LogP contribution is 2.44. The molecule has 3 atom stereocenters. The number of hydrogen-bond acceptors (Lipinski definition) is 6. The van der Waals surface area contributed by atoms with Crippen LogP contribution in [-0.2, 0) is 19.1 Å². The molecule has 3 rings (SSSR count). The van der Waals surface area contributed by atoms with Gasteiger partial charge in [-0.05, 0) is 29.2 Å². The average molecular weight is 442 g/mol. The van der Waals surface area contributed by atoms with E-state index < -0.39 is 36.2 Å². The van der Waals surface area contributed by atoms with Crippen molar-refractivity contribution < 1.29 is 34.1 Å². The number of ether oxygens (including phenoxy) is 2. The molecule has 0 bridgehead atoms. The fraction of sp³-hybridized carbons (Fsp3) is 0.348. The van der Waals surface area contributed by atoms with Crippen molar-refractivity contribution in [3.63, 3.8) is 0 Å². The summed E-state index contributed by atoms with van der Waals surface area (Å²) in [5.74, 6) is -2.35. The zero-order chi connectivity index (χ0) is 23.3. The van der Waals surface area contributed by atoms with Crippen molar-refractivity contribution in [3.8, 4) is 11.1 Å². The van der Waals surface area contributed by atoms with Crippen LogP contribution in [0, 0.1) is 0 Å².